The first-order valence-corrected chi connectivity index (χ1v) is 1.93. The van der Waals surface area contributed by atoms with Crippen molar-refractivity contribution in [1.82, 2.24) is 0 Å². The summed E-state index contributed by atoms with van der Waals surface area (Å²) in [4.78, 5) is 19.2. The fraction of sp³-hybridized carbons (Fsp3) is 0.500. The molecule has 0 aromatic rings. The van der Waals surface area contributed by atoms with Crippen LogP contribution in [0.5, 0.6) is 0 Å². The van der Waals surface area contributed by atoms with Crippen molar-refractivity contribution in [2.45, 2.75) is 6.92 Å². The molecular weight excluding hydrogens is 119 g/mol. The molecular formula is C4H7NaO3. The van der Waals surface area contributed by atoms with Gasteiger partial charge in [0.1, 0.15) is 0 Å². The Bertz CT molecular complexity index is 81.4. The molecule has 0 heterocycles. The molecule has 0 bridgehead atoms. The molecule has 0 saturated heterocycles. The summed E-state index contributed by atoms with van der Waals surface area (Å²) in [5, 5.41) is 0. The van der Waals surface area contributed by atoms with E-state index in [2.05, 4.69) is 4.74 Å². The van der Waals surface area contributed by atoms with Gasteiger partial charge >= 0.3 is 35.5 Å². The number of hydrogen-bond donors (Lipinski definition) is 0. The van der Waals surface area contributed by atoms with E-state index >= 15 is 0 Å². The molecule has 0 aromatic carbocycles. The summed E-state index contributed by atoms with van der Waals surface area (Å²) in [5.41, 5.74) is 0. The van der Waals surface area contributed by atoms with Crippen LogP contribution < -0.4 is 0 Å². The molecule has 0 aliphatic carbocycles. The van der Waals surface area contributed by atoms with E-state index < -0.39 is 5.97 Å². The second-order valence-corrected chi connectivity index (χ2v) is 0.870. The monoisotopic (exact) mass is 126 g/mol. The quantitative estimate of drug-likeness (QED) is 0.208. The Morgan fingerprint density at radius 3 is 2.38 bits per heavy atom. The molecule has 0 N–H and O–H groups in total. The van der Waals surface area contributed by atoms with Crippen LogP contribution in [0.2, 0.25) is 0 Å². The van der Waals surface area contributed by atoms with Crippen LogP contribution in [0, 0.1) is 0 Å². The number of rotatable bonds is 2. The Morgan fingerprint density at radius 2 is 2.25 bits per heavy atom. The van der Waals surface area contributed by atoms with Gasteiger partial charge in [0.25, 0.3) is 0 Å². The molecule has 0 amide bonds. The van der Waals surface area contributed by atoms with E-state index in [0.717, 1.165) is 0 Å². The van der Waals surface area contributed by atoms with E-state index in [4.69, 9.17) is 0 Å². The van der Waals surface area contributed by atoms with Gasteiger partial charge in [-0.15, -0.1) is 0 Å². The molecule has 0 radical (unpaired) electrons. The molecule has 0 saturated carbocycles. The fourth-order valence-electron chi connectivity index (χ4n) is 0.176. The Labute approximate surface area is 69.7 Å². The molecule has 0 atom stereocenters. The first-order valence-electron chi connectivity index (χ1n) is 1.93. The van der Waals surface area contributed by atoms with Crippen LogP contribution in [0.25, 0.3) is 0 Å². The van der Waals surface area contributed by atoms with Gasteiger partial charge in [-0.05, 0) is 6.92 Å². The van der Waals surface area contributed by atoms with E-state index in [9.17, 15) is 9.59 Å². The maximum absolute atomic E-state index is 9.82. The van der Waals surface area contributed by atoms with E-state index in [1.807, 2.05) is 0 Å². The van der Waals surface area contributed by atoms with Gasteiger partial charge in [0.2, 0.25) is 6.29 Å². The number of ether oxygens (including phenoxy) is 1. The molecule has 0 spiro atoms. The number of carbonyl (C=O) groups is 2. The summed E-state index contributed by atoms with van der Waals surface area (Å²) in [6, 6.07) is 0. The van der Waals surface area contributed by atoms with E-state index in [1.165, 1.54) is 0 Å². The normalized spacial score (nSPS) is 6.62. The van der Waals surface area contributed by atoms with Gasteiger partial charge in [-0.25, -0.2) is 4.79 Å². The molecule has 0 unspecified atom stereocenters. The van der Waals surface area contributed by atoms with E-state index in [0.29, 0.717) is 0 Å². The van der Waals surface area contributed by atoms with Crippen molar-refractivity contribution in [1.29, 1.82) is 0 Å². The average Bonchev–Trinajstić information content (AvgIpc) is 1.68. The zero-order valence-electron chi connectivity index (χ0n) is 4.01. The van der Waals surface area contributed by atoms with Crippen LogP contribution in [0.15, 0.2) is 0 Å². The first-order chi connectivity index (χ1) is 3.31. The van der Waals surface area contributed by atoms with Crippen molar-refractivity contribution in [3.05, 3.63) is 0 Å². The summed E-state index contributed by atoms with van der Waals surface area (Å²) >= 11 is 0. The predicted octanol–water partition coefficient (Wildman–Crippen LogP) is -0.900. The minimum absolute atomic E-state index is 0. The Kier molecular flexibility index (Phi) is 9.82. The van der Waals surface area contributed by atoms with Crippen LogP contribution in [-0.4, -0.2) is 48.4 Å². The maximum atomic E-state index is 9.82. The van der Waals surface area contributed by atoms with Crippen LogP contribution in [-0.2, 0) is 14.3 Å². The zero-order chi connectivity index (χ0) is 5.70. The predicted molar refractivity (Wildman–Crippen MR) is 29.8 cm³/mol. The molecule has 0 fully saturated rings. The van der Waals surface area contributed by atoms with Crippen molar-refractivity contribution in [3.8, 4) is 0 Å². The first kappa shape index (κ1) is 11.0. The van der Waals surface area contributed by atoms with Crippen molar-refractivity contribution < 1.29 is 14.3 Å². The SMILES string of the molecule is CCOC(=O)C=O.[NaH]. The summed E-state index contributed by atoms with van der Waals surface area (Å²) < 4.78 is 4.18. The molecule has 4 heteroatoms. The summed E-state index contributed by atoms with van der Waals surface area (Å²) in [6.45, 7) is 1.90. The van der Waals surface area contributed by atoms with Gasteiger partial charge in [-0.3, -0.25) is 4.79 Å². The van der Waals surface area contributed by atoms with Crippen LogP contribution in [0.1, 0.15) is 6.92 Å². The Morgan fingerprint density at radius 1 is 1.75 bits per heavy atom. The zero-order valence-corrected chi connectivity index (χ0v) is 4.01. The molecule has 0 aliphatic rings. The molecule has 0 aliphatic heterocycles. The number of aldehydes is 1. The Balaban J connectivity index is 0. The van der Waals surface area contributed by atoms with Gasteiger partial charge in [0, 0.05) is 0 Å². The topological polar surface area (TPSA) is 43.4 Å². The molecule has 8 heavy (non-hydrogen) atoms. The van der Waals surface area contributed by atoms with Gasteiger partial charge in [0.15, 0.2) is 0 Å². The minimum atomic E-state index is -0.803. The third kappa shape index (κ3) is 6.14. The van der Waals surface area contributed by atoms with Crippen molar-refractivity contribution in [2.75, 3.05) is 6.61 Å². The molecule has 3 nitrogen and oxygen atoms in total. The number of esters is 1. The summed E-state index contributed by atoms with van der Waals surface area (Å²) in [6.07, 6.45) is 0.142. The van der Waals surface area contributed by atoms with Crippen molar-refractivity contribution in [2.24, 2.45) is 0 Å². The van der Waals surface area contributed by atoms with Gasteiger partial charge in [0.05, 0.1) is 6.61 Å². The van der Waals surface area contributed by atoms with Gasteiger partial charge in [-0.2, -0.15) is 0 Å². The van der Waals surface area contributed by atoms with Gasteiger partial charge < -0.3 is 4.74 Å². The Hall–Kier alpha value is 0.140. The van der Waals surface area contributed by atoms with Gasteiger partial charge in [-0.1, -0.05) is 0 Å². The van der Waals surface area contributed by atoms with Crippen molar-refractivity contribution in [3.63, 3.8) is 0 Å². The third-order valence-electron chi connectivity index (χ3n) is 0.383. The van der Waals surface area contributed by atoms with Crippen molar-refractivity contribution >= 4 is 41.8 Å². The molecule has 0 rings (SSSR count). The average molecular weight is 126 g/mol. The van der Waals surface area contributed by atoms with Crippen LogP contribution in [0.3, 0.4) is 0 Å². The molecule has 0 aromatic heterocycles. The number of hydrogen-bond acceptors (Lipinski definition) is 3. The second-order valence-electron chi connectivity index (χ2n) is 0.870. The summed E-state index contributed by atoms with van der Waals surface area (Å²) in [5.74, 6) is -0.803. The number of carbonyl (C=O) groups excluding carboxylic acids is 2. The second kappa shape index (κ2) is 7.14. The third-order valence-corrected chi connectivity index (χ3v) is 0.383. The molecule has 42 valence electrons. The standard InChI is InChI=1S/C4H6O3.Na.H/c1-2-7-4(6)3-5;;/h3H,2H2,1H3;;. The van der Waals surface area contributed by atoms with E-state index in [-0.39, 0.29) is 42.5 Å². The summed E-state index contributed by atoms with van der Waals surface area (Å²) in [7, 11) is 0. The van der Waals surface area contributed by atoms with Crippen LogP contribution >= 0.6 is 0 Å². The van der Waals surface area contributed by atoms with Crippen LogP contribution in [0.4, 0.5) is 0 Å². The van der Waals surface area contributed by atoms with E-state index in [1.54, 1.807) is 6.92 Å². The fourth-order valence-corrected chi connectivity index (χ4v) is 0.176.